The minimum absolute atomic E-state index is 0.0760. The summed E-state index contributed by atoms with van der Waals surface area (Å²) in [5.74, 6) is -1.51. The van der Waals surface area contributed by atoms with Gasteiger partial charge < -0.3 is 15.2 Å². The summed E-state index contributed by atoms with van der Waals surface area (Å²) in [6.07, 6.45) is 3.15. The minimum Gasteiger partial charge on any atom is -0.545 e. The number of rotatable bonds is 4. The number of carboxylic acid groups (broad SMARTS) is 1. The van der Waals surface area contributed by atoms with Crippen molar-refractivity contribution in [3.8, 4) is 0 Å². The van der Waals surface area contributed by atoms with Gasteiger partial charge in [-0.05, 0) is 35.2 Å². The van der Waals surface area contributed by atoms with Crippen LogP contribution in [0.1, 0.15) is 15.2 Å². The Morgan fingerprint density at radius 1 is 1.16 bits per heavy atom. The highest BCUT2D eigenvalue weighted by atomic mass is 32.1. The molecule has 2 aromatic rings. The van der Waals surface area contributed by atoms with E-state index in [0.717, 1.165) is 4.88 Å². The van der Waals surface area contributed by atoms with E-state index in [9.17, 15) is 14.7 Å². The number of benzene rings is 1. The third-order valence-electron chi connectivity index (χ3n) is 2.33. The van der Waals surface area contributed by atoms with Crippen molar-refractivity contribution >= 4 is 35.0 Å². The van der Waals surface area contributed by atoms with Crippen LogP contribution in [-0.4, -0.2) is 11.9 Å². The van der Waals surface area contributed by atoms with Gasteiger partial charge in [0.2, 0.25) is 5.91 Å². The Morgan fingerprint density at radius 3 is 2.47 bits per heavy atom. The van der Waals surface area contributed by atoms with Crippen molar-refractivity contribution in [2.45, 2.75) is 0 Å². The molecule has 0 fully saturated rings. The molecule has 0 aliphatic heterocycles. The fraction of sp³-hybridized carbons (Fsp3) is 0. The molecular formula is C14H10NO3S-. The molecule has 1 heterocycles. The number of hydrogen-bond acceptors (Lipinski definition) is 4. The molecule has 1 aromatic heterocycles. The summed E-state index contributed by atoms with van der Waals surface area (Å²) in [5, 5.41) is 15.1. The topological polar surface area (TPSA) is 69.2 Å². The Balaban J connectivity index is 1.97. The van der Waals surface area contributed by atoms with Gasteiger partial charge in [-0.2, -0.15) is 0 Å². The van der Waals surface area contributed by atoms with Crippen molar-refractivity contribution in [3.63, 3.8) is 0 Å². The molecule has 1 N–H and O–H groups in total. The lowest BCUT2D eigenvalue weighted by Gasteiger charge is -2.05. The van der Waals surface area contributed by atoms with Crippen LogP contribution in [0, 0.1) is 0 Å². The lowest BCUT2D eigenvalue weighted by atomic mass is 10.2. The molecule has 0 aliphatic carbocycles. The summed E-state index contributed by atoms with van der Waals surface area (Å²) in [4.78, 5) is 23.2. The Hall–Kier alpha value is -2.40. The largest absolute Gasteiger partial charge is 0.545 e. The third kappa shape index (κ3) is 3.79. The molecular weight excluding hydrogens is 262 g/mol. The van der Waals surface area contributed by atoms with Gasteiger partial charge >= 0.3 is 0 Å². The van der Waals surface area contributed by atoms with Gasteiger partial charge in [-0.25, -0.2) is 0 Å². The van der Waals surface area contributed by atoms with Gasteiger partial charge in [0.05, 0.1) is 5.97 Å². The number of anilines is 1. The van der Waals surface area contributed by atoms with Crippen LogP contribution < -0.4 is 10.4 Å². The zero-order valence-corrected chi connectivity index (χ0v) is 10.6. The van der Waals surface area contributed by atoms with Gasteiger partial charge in [-0.1, -0.05) is 18.2 Å². The second kappa shape index (κ2) is 5.97. The molecule has 0 saturated heterocycles. The molecule has 96 valence electrons. The van der Waals surface area contributed by atoms with E-state index in [1.54, 1.807) is 6.08 Å². The summed E-state index contributed by atoms with van der Waals surface area (Å²) >= 11 is 1.54. The first-order valence-corrected chi connectivity index (χ1v) is 6.37. The van der Waals surface area contributed by atoms with Gasteiger partial charge in [-0.15, -0.1) is 11.3 Å². The molecule has 19 heavy (non-hydrogen) atoms. The van der Waals surface area contributed by atoms with E-state index in [1.807, 2.05) is 17.5 Å². The van der Waals surface area contributed by atoms with Crippen LogP contribution in [0.3, 0.4) is 0 Å². The number of hydrogen-bond donors (Lipinski definition) is 1. The van der Waals surface area contributed by atoms with E-state index >= 15 is 0 Å². The van der Waals surface area contributed by atoms with E-state index in [1.165, 1.54) is 41.7 Å². The number of carbonyl (C=O) groups is 2. The Labute approximate surface area is 114 Å². The highest BCUT2D eigenvalue weighted by Crippen LogP contribution is 2.11. The Kier molecular flexibility index (Phi) is 4.10. The molecule has 0 bridgehead atoms. The van der Waals surface area contributed by atoms with E-state index in [2.05, 4.69) is 5.32 Å². The first-order valence-electron chi connectivity index (χ1n) is 5.49. The standard InChI is InChI=1S/C14H11NO3S/c16-13(8-7-12-2-1-9-19-12)15-11-5-3-10(4-6-11)14(17)18/h1-9H,(H,15,16)(H,17,18)/p-1/b8-7+. The van der Waals surface area contributed by atoms with E-state index in [-0.39, 0.29) is 11.5 Å². The van der Waals surface area contributed by atoms with Crippen LogP contribution in [0.15, 0.2) is 47.9 Å². The molecule has 0 spiro atoms. The molecule has 0 aliphatic rings. The molecule has 2 rings (SSSR count). The summed E-state index contributed by atoms with van der Waals surface area (Å²) in [5.41, 5.74) is 0.609. The summed E-state index contributed by atoms with van der Waals surface area (Å²) < 4.78 is 0. The van der Waals surface area contributed by atoms with E-state index in [4.69, 9.17) is 0 Å². The molecule has 5 heteroatoms. The van der Waals surface area contributed by atoms with Crippen molar-refractivity contribution in [3.05, 3.63) is 58.3 Å². The minimum atomic E-state index is -1.24. The fourth-order valence-electron chi connectivity index (χ4n) is 1.42. The van der Waals surface area contributed by atoms with Gasteiger partial charge in [0, 0.05) is 16.6 Å². The predicted octanol–water partition coefficient (Wildman–Crippen LogP) is 1.76. The van der Waals surface area contributed by atoms with E-state index < -0.39 is 5.97 Å². The maximum Gasteiger partial charge on any atom is 0.248 e. The van der Waals surface area contributed by atoms with Crippen LogP contribution in [0.4, 0.5) is 5.69 Å². The lowest BCUT2D eigenvalue weighted by Crippen LogP contribution is -2.22. The average molecular weight is 272 g/mol. The number of amides is 1. The van der Waals surface area contributed by atoms with Gasteiger partial charge in [-0.3, -0.25) is 4.79 Å². The van der Waals surface area contributed by atoms with Crippen molar-refractivity contribution in [2.75, 3.05) is 5.32 Å². The van der Waals surface area contributed by atoms with Crippen molar-refractivity contribution in [1.82, 2.24) is 0 Å². The second-order valence-electron chi connectivity index (χ2n) is 3.70. The number of carbonyl (C=O) groups excluding carboxylic acids is 2. The molecule has 0 saturated carbocycles. The van der Waals surface area contributed by atoms with Gasteiger partial charge in [0.15, 0.2) is 0 Å². The van der Waals surface area contributed by atoms with Crippen LogP contribution in [0.25, 0.3) is 6.08 Å². The van der Waals surface area contributed by atoms with Crippen molar-refractivity contribution < 1.29 is 14.7 Å². The number of aromatic carboxylic acids is 1. The quantitative estimate of drug-likeness (QED) is 0.862. The Morgan fingerprint density at radius 2 is 1.89 bits per heavy atom. The van der Waals surface area contributed by atoms with Crippen molar-refractivity contribution in [1.29, 1.82) is 0 Å². The molecule has 1 aromatic carbocycles. The predicted molar refractivity (Wildman–Crippen MR) is 72.8 cm³/mol. The highest BCUT2D eigenvalue weighted by molar-refractivity contribution is 7.10. The first-order chi connectivity index (χ1) is 9.15. The Bertz CT molecular complexity index is 600. The van der Waals surface area contributed by atoms with Crippen molar-refractivity contribution in [2.24, 2.45) is 0 Å². The average Bonchev–Trinajstić information content (AvgIpc) is 2.90. The van der Waals surface area contributed by atoms with Gasteiger partial charge in [0.1, 0.15) is 0 Å². The molecule has 0 radical (unpaired) electrons. The summed E-state index contributed by atoms with van der Waals surface area (Å²) in [7, 11) is 0. The first kappa shape index (κ1) is 13.0. The highest BCUT2D eigenvalue weighted by Gasteiger charge is 1.99. The zero-order valence-electron chi connectivity index (χ0n) is 9.83. The molecule has 1 amide bonds. The van der Waals surface area contributed by atoms with Crippen LogP contribution in [0.5, 0.6) is 0 Å². The van der Waals surface area contributed by atoms with E-state index in [0.29, 0.717) is 5.69 Å². The summed E-state index contributed by atoms with van der Waals surface area (Å²) in [6, 6.07) is 9.61. The van der Waals surface area contributed by atoms with Crippen LogP contribution >= 0.6 is 11.3 Å². The maximum atomic E-state index is 11.6. The number of thiophene rings is 1. The van der Waals surface area contributed by atoms with Crippen LogP contribution in [-0.2, 0) is 4.79 Å². The maximum absolute atomic E-state index is 11.6. The molecule has 0 atom stereocenters. The van der Waals surface area contributed by atoms with Gasteiger partial charge in [0.25, 0.3) is 0 Å². The number of nitrogens with one attached hydrogen (secondary N) is 1. The third-order valence-corrected chi connectivity index (χ3v) is 3.17. The monoisotopic (exact) mass is 272 g/mol. The normalized spacial score (nSPS) is 10.5. The molecule has 4 nitrogen and oxygen atoms in total. The molecule has 0 unspecified atom stereocenters. The second-order valence-corrected chi connectivity index (χ2v) is 4.68. The lowest BCUT2D eigenvalue weighted by molar-refractivity contribution is -0.255. The number of carboxylic acids is 1. The summed E-state index contributed by atoms with van der Waals surface area (Å²) in [6.45, 7) is 0. The fourth-order valence-corrected chi connectivity index (χ4v) is 2.04. The SMILES string of the molecule is O=C(/C=C/c1cccs1)Nc1ccc(C(=O)[O-])cc1. The smallest absolute Gasteiger partial charge is 0.248 e. The zero-order chi connectivity index (χ0) is 13.7. The van der Waals surface area contributed by atoms with Crippen LogP contribution in [0.2, 0.25) is 0 Å².